The van der Waals surface area contributed by atoms with E-state index < -0.39 is 16.4 Å². The molecule has 0 saturated heterocycles. The van der Waals surface area contributed by atoms with Gasteiger partial charge >= 0.3 is 5.97 Å². The number of carbonyl (C=O) groups excluding carboxylic acids is 1. The minimum Gasteiger partial charge on any atom is -0.462 e. The highest BCUT2D eigenvalue weighted by atomic mass is 28.4. The summed E-state index contributed by atoms with van der Waals surface area (Å²) in [5.41, 5.74) is 3.44. The van der Waals surface area contributed by atoms with Crippen LogP contribution in [-0.4, -0.2) is 29.0 Å². The lowest BCUT2D eigenvalue weighted by Gasteiger charge is -2.42. The second-order valence-corrected chi connectivity index (χ2v) is 20.8. The summed E-state index contributed by atoms with van der Waals surface area (Å²) < 4.78 is 12.1. The number of hydrogen-bond donors (Lipinski definition) is 0. The Morgan fingerprint density at radius 2 is 1.37 bits per heavy atom. The van der Waals surface area contributed by atoms with Gasteiger partial charge < -0.3 is 9.16 Å². The van der Waals surface area contributed by atoms with Gasteiger partial charge in [0.25, 0.3) is 0 Å². The van der Waals surface area contributed by atoms with E-state index in [0.29, 0.717) is 35.4 Å². The van der Waals surface area contributed by atoms with Gasteiger partial charge in [0, 0.05) is 8.07 Å². The summed E-state index contributed by atoms with van der Waals surface area (Å²) in [6.07, 6.45) is 0. The first kappa shape index (κ1) is 24.1. The van der Waals surface area contributed by atoms with Gasteiger partial charge in [0.05, 0.1) is 18.8 Å². The Labute approximate surface area is 169 Å². The van der Waals surface area contributed by atoms with Crippen molar-refractivity contribution in [2.45, 2.75) is 90.5 Å². The Morgan fingerprint density at radius 3 is 1.78 bits per heavy atom. The van der Waals surface area contributed by atoms with Crippen molar-refractivity contribution in [1.82, 2.24) is 0 Å². The highest BCUT2D eigenvalue weighted by molar-refractivity contribution is 6.77. The molecule has 27 heavy (non-hydrogen) atoms. The highest BCUT2D eigenvalue weighted by Gasteiger charge is 2.44. The Morgan fingerprint density at radius 1 is 0.889 bits per heavy atom. The molecule has 0 amide bonds. The van der Waals surface area contributed by atoms with Crippen LogP contribution in [0.1, 0.15) is 57.5 Å². The molecule has 0 fully saturated rings. The van der Waals surface area contributed by atoms with Crippen LogP contribution in [0.4, 0.5) is 0 Å². The summed E-state index contributed by atoms with van der Waals surface area (Å²) in [7, 11) is -3.05. The van der Waals surface area contributed by atoms with Crippen molar-refractivity contribution >= 4 is 22.4 Å². The van der Waals surface area contributed by atoms with Crippen LogP contribution < -0.4 is 0 Å². The standard InChI is InChI=1S/C22H40O3Si2/c1-17(2)27(18(3)4,19(5)6)25-16-20-10-12-21(13-11-20)22(23)24-14-15-26(7,8)9/h10-13,17-19H,14-16H2,1-9H3. The molecule has 0 saturated carbocycles. The van der Waals surface area contributed by atoms with E-state index in [0.717, 1.165) is 11.6 Å². The van der Waals surface area contributed by atoms with Gasteiger partial charge in [-0.15, -0.1) is 0 Å². The van der Waals surface area contributed by atoms with Gasteiger partial charge in [-0.05, 0) is 40.4 Å². The predicted octanol–water partition coefficient (Wildman–Crippen LogP) is 6.87. The monoisotopic (exact) mass is 408 g/mol. The lowest BCUT2D eigenvalue weighted by Crippen LogP contribution is -2.47. The number of rotatable bonds is 10. The molecule has 5 heteroatoms. The van der Waals surface area contributed by atoms with Gasteiger partial charge in [0.2, 0.25) is 8.32 Å². The molecule has 0 aliphatic carbocycles. The fourth-order valence-electron chi connectivity index (χ4n) is 3.98. The molecular weight excluding hydrogens is 368 g/mol. The van der Waals surface area contributed by atoms with E-state index >= 15 is 0 Å². The van der Waals surface area contributed by atoms with Gasteiger partial charge in [0.15, 0.2) is 0 Å². The molecule has 0 atom stereocenters. The molecule has 0 radical (unpaired) electrons. The second-order valence-electron chi connectivity index (χ2n) is 9.75. The number of carbonyl (C=O) groups is 1. The van der Waals surface area contributed by atoms with Gasteiger partial charge in [-0.1, -0.05) is 73.3 Å². The number of esters is 1. The van der Waals surface area contributed by atoms with Crippen molar-refractivity contribution in [2.24, 2.45) is 0 Å². The van der Waals surface area contributed by atoms with E-state index in [1.165, 1.54) is 0 Å². The molecule has 0 spiro atoms. The number of ether oxygens (including phenoxy) is 1. The van der Waals surface area contributed by atoms with Crippen LogP contribution in [0.5, 0.6) is 0 Å². The summed E-state index contributed by atoms with van der Waals surface area (Å²) in [6, 6.07) is 8.71. The summed E-state index contributed by atoms with van der Waals surface area (Å²) in [6.45, 7) is 21.8. The quantitative estimate of drug-likeness (QED) is 0.313. The van der Waals surface area contributed by atoms with Crippen LogP contribution in [0.15, 0.2) is 24.3 Å². The highest BCUT2D eigenvalue weighted by Crippen LogP contribution is 2.42. The van der Waals surface area contributed by atoms with Crippen LogP contribution in [0.3, 0.4) is 0 Å². The van der Waals surface area contributed by atoms with Crippen molar-refractivity contribution in [2.75, 3.05) is 6.61 Å². The van der Waals surface area contributed by atoms with Crippen LogP contribution in [0.25, 0.3) is 0 Å². The molecule has 0 bridgehead atoms. The molecule has 1 aromatic carbocycles. The third-order valence-electron chi connectivity index (χ3n) is 5.47. The molecule has 0 aromatic heterocycles. The molecule has 1 rings (SSSR count). The average molecular weight is 409 g/mol. The zero-order valence-electron chi connectivity index (χ0n) is 18.9. The van der Waals surface area contributed by atoms with Crippen molar-refractivity contribution in [1.29, 1.82) is 0 Å². The SMILES string of the molecule is CC(C)[Si](OCc1ccc(C(=O)OCC[Si](C)(C)C)cc1)(C(C)C)C(C)C. The molecule has 0 aliphatic rings. The normalized spacial score (nSPS) is 12.9. The van der Waals surface area contributed by atoms with Crippen LogP contribution in [0, 0.1) is 0 Å². The minimum atomic E-state index is -1.87. The van der Waals surface area contributed by atoms with Crippen LogP contribution >= 0.6 is 0 Å². The lowest BCUT2D eigenvalue weighted by atomic mass is 10.1. The van der Waals surface area contributed by atoms with Gasteiger partial charge in [-0.2, -0.15) is 0 Å². The van der Waals surface area contributed by atoms with Gasteiger partial charge in [0.1, 0.15) is 0 Å². The van der Waals surface area contributed by atoms with Crippen molar-refractivity contribution in [3.63, 3.8) is 0 Å². The van der Waals surface area contributed by atoms with Gasteiger partial charge in [-0.3, -0.25) is 0 Å². The first-order chi connectivity index (χ1) is 12.4. The Kier molecular flexibility index (Phi) is 8.96. The Bertz CT molecular complexity index is 565. The maximum absolute atomic E-state index is 12.2. The smallest absolute Gasteiger partial charge is 0.338 e. The second kappa shape index (κ2) is 10.0. The zero-order chi connectivity index (χ0) is 20.8. The molecule has 0 heterocycles. The summed E-state index contributed by atoms with van der Waals surface area (Å²) >= 11 is 0. The average Bonchev–Trinajstić information content (AvgIpc) is 2.53. The molecule has 0 unspecified atom stereocenters. The fourth-order valence-corrected chi connectivity index (χ4v) is 10.1. The third kappa shape index (κ3) is 6.88. The fraction of sp³-hybridized carbons (Fsp3) is 0.682. The molecule has 0 N–H and O–H groups in total. The summed E-state index contributed by atoms with van der Waals surface area (Å²) in [5.74, 6) is -0.226. The van der Waals surface area contributed by atoms with E-state index in [-0.39, 0.29) is 5.97 Å². The van der Waals surface area contributed by atoms with E-state index in [2.05, 4.69) is 61.2 Å². The predicted molar refractivity (Wildman–Crippen MR) is 121 cm³/mol. The van der Waals surface area contributed by atoms with E-state index in [1.807, 2.05) is 24.3 Å². The molecule has 3 nitrogen and oxygen atoms in total. The Balaban J connectivity index is 2.72. The van der Waals surface area contributed by atoms with E-state index in [4.69, 9.17) is 9.16 Å². The summed E-state index contributed by atoms with van der Waals surface area (Å²) in [5, 5.41) is 0. The van der Waals surface area contributed by atoms with E-state index in [1.54, 1.807) is 0 Å². The first-order valence-electron chi connectivity index (χ1n) is 10.3. The van der Waals surface area contributed by atoms with Crippen LogP contribution in [0.2, 0.25) is 42.3 Å². The summed E-state index contributed by atoms with van der Waals surface area (Å²) in [4.78, 5) is 12.2. The molecule has 154 valence electrons. The van der Waals surface area contributed by atoms with Crippen molar-refractivity contribution in [3.8, 4) is 0 Å². The largest absolute Gasteiger partial charge is 0.462 e. The number of hydrogen-bond acceptors (Lipinski definition) is 3. The molecule has 1 aromatic rings. The lowest BCUT2D eigenvalue weighted by molar-refractivity contribution is 0.0525. The van der Waals surface area contributed by atoms with Crippen molar-refractivity contribution in [3.05, 3.63) is 35.4 Å². The Hall–Kier alpha value is -0.916. The first-order valence-corrected chi connectivity index (χ1v) is 16.1. The molecular formula is C22H40O3Si2. The molecule has 0 aliphatic heterocycles. The zero-order valence-corrected chi connectivity index (χ0v) is 20.9. The van der Waals surface area contributed by atoms with E-state index in [9.17, 15) is 4.79 Å². The topological polar surface area (TPSA) is 35.5 Å². The maximum atomic E-state index is 12.2. The minimum absolute atomic E-state index is 0.226. The van der Waals surface area contributed by atoms with Crippen molar-refractivity contribution < 1.29 is 14.0 Å². The third-order valence-corrected chi connectivity index (χ3v) is 13.2. The van der Waals surface area contributed by atoms with Gasteiger partial charge in [-0.25, -0.2) is 4.79 Å². The maximum Gasteiger partial charge on any atom is 0.338 e. The van der Waals surface area contributed by atoms with Crippen LogP contribution in [-0.2, 0) is 15.8 Å². The number of benzene rings is 1.